The van der Waals surface area contributed by atoms with Gasteiger partial charge in [0.25, 0.3) is 5.91 Å². The predicted molar refractivity (Wildman–Crippen MR) is 95.8 cm³/mol. The molecule has 1 saturated heterocycles. The molecule has 0 spiro atoms. The molecular weight excluding hydrogens is 328 g/mol. The standard InChI is InChI=1S/C18H24N2O3.ClH/c1-2-23-18(22)13-8-11-20(12-9-13)17(21)15-5-3-7-16-14(15)6-4-10-19-16;/h3,5,7,13,19H,2,4,6,8-12H2,1H3;1H. The van der Waals surface area contributed by atoms with Crippen LogP contribution in [0.25, 0.3) is 0 Å². The number of esters is 1. The summed E-state index contributed by atoms with van der Waals surface area (Å²) in [4.78, 5) is 26.5. The van der Waals surface area contributed by atoms with E-state index in [0.29, 0.717) is 32.5 Å². The molecule has 0 bridgehead atoms. The van der Waals surface area contributed by atoms with Crippen LogP contribution in [-0.4, -0.2) is 43.0 Å². The Morgan fingerprint density at radius 3 is 2.75 bits per heavy atom. The predicted octanol–water partition coefficient (Wildman–Crippen LogP) is 2.88. The number of hydrogen-bond donors (Lipinski definition) is 1. The smallest absolute Gasteiger partial charge is 0.309 e. The lowest BCUT2D eigenvalue weighted by Gasteiger charge is -2.32. The Kier molecular flexibility index (Phi) is 6.49. The lowest BCUT2D eigenvalue weighted by molar-refractivity contribution is -0.149. The van der Waals surface area contributed by atoms with Gasteiger partial charge in [-0.15, -0.1) is 12.4 Å². The number of carbonyl (C=O) groups is 2. The van der Waals surface area contributed by atoms with E-state index < -0.39 is 0 Å². The molecular formula is C18H25ClN2O3. The zero-order valence-electron chi connectivity index (χ0n) is 14.0. The van der Waals surface area contributed by atoms with Crippen molar-refractivity contribution in [1.82, 2.24) is 4.90 Å². The van der Waals surface area contributed by atoms with E-state index in [0.717, 1.165) is 36.2 Å². The van der Waals surface area contributed by atoms with Gasteiger partial charge in [-0.1, -0.05) is 6.07 Å². The van der Waals surface area contributed by atoms with Gasteiger partial charge in [0.1, 0.15) is 0 Å². The van der Waals surface area contributed by atoms with Crippen molar-refractivity contribution in [3.8, 4) is 0 Å². The Labute approximate surface area is 149 Å². The molecule has 24 heavy (non-hydrogen) atoms. The highest BCUT2D eigenvalue weighted by molar-refractivity contribution is 5.97. The monoisotopic (exact) mass is 352 g/mol. The minimum atomic E-state index is -0.124. The minimum absolute atomic E-state index is 0. The zero-order chi connectivity index (χ0) is 16.2. The highest BCUT2D eigenvalue weighted by Gasteiger charge is 2.29. The van der Waals surface area contributed by atoms with Crippen molar-refractivity contribution in [2.45, 2.75) is 32.6 Å². The maximum atomic E-state index is 12.9. The molecule has 2 aliphatic rings. The third kappa shape index (κ3) is 3.83. The summed E-state index contributed by atoms with van der Waals surface area (Å²) in [5, 5.41) is 3.36. The Balaban J connectivity index is 0.00000208. The second-order valence-corrected chi connectivity index (χ2v) is 6.18. The first-order chi connectivity index (χ1) is 11.2. The zero-order valence-corrected chi connectivity index (χ0v) is 14.9. The summed E-state index contributed by atoms with van der Waals surface area (Å²) in [6.07, 6.45) is 3.39. The van der Waals surface area contributed by atoms with Crippen molar-refractivity contribution < 1.29 is 14.3 Å². The van der Waals surface area contributed by atoms with Gasteiger partial charge in [0.05, 0.1) is 12.5 Å². The molecule has 0 aromatic heterocycles. The van der Waals surface area contributed by atoms with E-state index in [2.05, 4.69) is 5.32 Å². The number of piperidine rings is 1. The van der Waals surface area contributed by atoms with Gasteiger partial charge in [0.2, 0.25) is 0 Å². The SMILES string of the molecule is CCOC(=O)C1CCN(C(=O)c2cccc3c2CCCN3)CC1.Cl. The molecule has 2 heterocycles. The van der Waals surface area contributed by atoms with Crippen LogP contribution in [-0.2, 0) is 16.0 Å². The second-order valence-electron chi connectivity index (χ2n) is 6.18. The fraction of sp³-hybridized carbons (Fsp3) is 0.556. The normalized spacial score (nSPS) is 17.3. The van der Waals surface area contributed by atoms with Gasteiger partial charge >= 0.3 is 5.97 Å². The van der Waals surface area contributed by atoms with E-state index in [9.17, 15) is 9.59 Å². The number of anilines is 1. The third-order valence-corrected chi connectivity index (χ3v) is 4.73. The molecule has 1 N–H and O–H groups in total. The van der Waals surface area contributed by atoms with E-state index >= 15 is 0 Å². The number of ether oxygens (including phenoxy) is 1. The van der Waals surface area contributed by atoms with Crippen molar-refractivity contribution in [3.63, 3.8) is 0 Å². The van der Waals surface area contributed by atoms with Crippen LogP contribution in [0.3, 0.4) is 0 Å². The van der Waals surface area contributed by atoms with Crippen molar-refractivity contribution in [1.29, 1.82) is 0 Å². The molecule has 0 atom stereocenters. The molecule has 3 rings (SSSR count). The molecule has 1 fully saturated rings. The van der Waals surface area contributed by atoms with Crippen molar-refractivity contribution in [2.75, 3.05) is 31.6 Å². The van der Waals surface area contributed by atoms with Crippen LogP contribution in [0.4, 0.5) is 5.69 Å². The number of rotatable bonds is 3. The maximum Gasteiger partial charge on any atom is 0.309 e. The largest absolute Gasteiger partial charge is 0.466 e. The van der Waals surface area contributed by atoms with Crippen molar-refractivity contribution in [3.05, 3.63) is 29.3 Å². The Morgan fingerprint density at radius 1 is 1.29 bits per heavy atom. The highest BCUT2D eigenvalue weighted by Crippen LogP contribution is 2.28. The number of likely N-dealkylation sites (tertiary alicyclic amines) is 1. The number of fused-ring (bicyclic) bond motifs is 1. The van der Waals surface area contributed by atoms with Gasteiger partial charge in [-0.05, 0) is 50.3 Å². The molecule has 5 nitrogen and oxygen atoms in total. The van der Waals surface area contributed by atoms with E-state index in [-0.39, 0.29) is 30.2 Å². The van der Waals surface area contributed by atoms with E-state index in [4.69, 9.17) is 4.74 Å². The molecule has 0 radical (unpaired) electrons. The lowest BCUT2D eigenvalue weighted by Crippen LogP contribution is -2.41. The first kappa shape index (κ1) is 18.6. The van der Waals surface area contributed by atoms with E-state index in [1.165, 1.54) is 0 Å². The molecule has 0 aliphatic carbocycles. The molecule has 0 unspecified atom stereocenters. The summed E-state index contributed by atoms with van der Waals surface area (Å²) in [6, 6.07) is 5.90. The topological polar surface area (TPSA) is 58.6 Å². The molecule has 132 valence electrons. The maximum absolute atomic E-state index is 12.9. The average Bonchev–Trinajstić information content (AvgIpc) is 2.61. The summed E-state index contributed by atoms with van der Waals surface area (Å²) < 4.78 is 5.09. The molecule has 1 aromatic rings. The summed E-state index contributed by atoms with van der Waals surface area (Å²) in [5.41, 5.74) is 3.03. The van der Waals surface area contributed by atoms with Crippen LogP contribution >= 0.6 is 12.4 Å². The third-order valence-electron chi connectivity index (χ3n) is 4.73. The van der Waals surface area contributed by atoms with Gasteiger partial charge in [-0.25, -0.2) is 0 Å². The quantitative estimate of drug-likeness (QED) is 0.850. The van der Waals surface area contributed by atoms with Crippen LogP contribution in [0.5, 0.6) is 0 Å². The molecule has 6 heteroatoms. The first-order valence-corrected chi connectivity index (χ1v) is 8.52. The molecule has 2 aliphatic heterocycles. The lowest BCUT2D eigenvalue weighted by atomic mass is 9.94. The van der Waals surface area contributed by atoms with E-state index in [1.54, 1.807) is 0 Å². The average molecular weight is 353 g/mol. The first-order valence-electron chi connectivity index (χ1n) is 8.52. The number of halogens is 1. The summed E-state index contributed by atoms with van der Waals surface area (Å²) >= 11 is 0. The van der Waals surface area contributed by atoms with Crippen molar-refractivity contribution >= 4 is 30.0 Å². The minimum Gasteiger partial charge on any atom is -0.466 e. The fourth-order valence-corrected chi connectivity index (χ4v) is 3.46. The van der Waals surface area contributed by atoms with Crippen LogP contribution in [0, 0.1) is 5.92 Å². The highest BCUT2D eigenvalue weighted by atomic mass is 35.5. The molecule has 1 amide bonds. The van der Waals surface area contributed by atoms with Crippen LogP contribution in [0.2, 0.25) is 0 Å². The van der Waals surface area contributed by atoms with Gasteiger partial charge in [-0.2, -0.15) is 0 Å². The van der Waals surface area contributed by atoms with Gasteiger partial charge in [0, 0.05) is 30.9 Å². The number of carbonyl (C=O) groups excluding carboxylic acids is 2. The van der Waals surface area contributed by atoms with E-state index in [1.807, 2.05) is 30.0 Å². The Morgan fingerprint density at radius 2 is 2.04 bits per heavy atom. The van der Waals surface area contributed by atoms with Crippen LogP contribution in [0.15, 0.2) is 18.2 Å². The van der Waals surface area contributed by atoms with Gasteiger partial charge in [-0.3, -0.25) is 9.59 Å². The fourth-order valence-electron chi connectivity index (χ4n) is 3.46. The summed E-state index contributed by atoms with van der Waals surface area (Å²) in [7, 11) is 0. The van der Waals surface area contributed by atoms with Crippen LogP contribution < -0.4 is 5.32 Å². The summed E-state index contributed by atoms with van der Waals surface area (Å²) in [6.45, 7) is 4.46. The van der Waals surface area contributed by atoms with Crippen LogP contribution in [0.1, 0.15) is 42.1 Å². The van der Waals surface area contributed by atoms with Crippen molar-refractivity contribution in [2.24, 2.45) is 5.92 Å². The van der Waals surface area contributed by atoms with Gasteiger partial charge in [0.15, 0.2) is 0 Å². The number of nitrogens with one attached hydrogen (secondary N) is 1. The number of hydrogen-bond acceptors (Lipinski definition) is 4. The molecule has 1 aromatic carbocycles. The Hall–Kier alpha value is -1.75. The van der Waals surface area contributed by atoms with Gasteiger partial charge < -0.3 is 15.0 Å². The Bertz CT molecular complexity index is 598. The molecule has 0 saturated carbocycles. The number of benzene rings is 1. The second kappa shape index (κ2) is 8.38. The number of nitrogens with zero attached hydrogens (tertiary/aromatic N) is 1. The number of amides is 1. The summed E-state index contributed by atoms with van der Waals surface area (Å²) in [5.74, 6) is -0.0981.